The number of amides is 1. The highest BCUT2D eigenvalue weighted by Gasteiger charge is 2.31. The number of β-amino-alcohol motifs (C(OH)–C–C–N with tert-alkyl or cyclic N) is 1. The minimum Gasteiger partial charge on any atom is -0.469 e. The van der Waals surface area contributed by atoms with E-state index in [1.807, 2.05) is 0 Å². The second-order valence-electron chi connectivity index (χ2n) is 4.49. The molecule has 0 radical (unpaired) electrons. The average Bonchev–Trinajstić information content (AvgIpc) is 2.73. The van der Waals surface area contributed by atoms with Gasteiger partial charge in [0.15, 0.2) is 0 Å². The quantitative estimate of drug-likeness (QED) is 0.619. The number of methoxy groups -OCH3 is 1. The Morgan fingerprint density at radius 1 is 1.59 bits per heavy atom. The van der Waals surface area contributed by atoms with Gasteiger partial charge in [0.25, 0.3) is 0 Å². The summed E-state index contributed by atoms with van der Waals surface area (Å²) >= 11 is 0. The van der Waals surface area contributed by atoms with Gasteiger partial charge >= 0.3 is 5.97 Å². The lowest BCUT2D eigenvalue weighted by Crippen LogP contribution is -2.44. The van der Waals surface area contributed by atoms with Crippen molar-refractivity contribution in [2.75, 3.05) is 27.2 Å². The van der Waals surface area contributed by atoms with Gasteiger partial charge in [0.1, 0.15) is 0 Å². The van der Waals surface area contributed by atoms with Crippen molar-refractivity contribution in [2.45, 2.75) is 25.5 Å². The first kappa shape index (κ1) is 13.9. The Labute approximate surface area is 101 Å². The van der Waals surface area contributed by atoms with Crippen molar-refractivity contribution < 1.29 is 19.4 Å². The Bertz CT molecular complexity index is 295. The number of carbonyl (C=O) groups is 2. The summed E-state index contributed by atoms with van der Waals surface area (Å²) in [5.41, 5.74) is 0. The van der Waals surface area contributed by atoms with E-state index >= 15 is 0 Å². The molecule has 17 heavy (non-hydrogen) atoms. The standard InChI is InChI=1S/C11H20N2O4/c1-7(11(16)17-3)6-13(2)10(15)9-4-8(14)5-12-9/h7-9,12,14H,4-6H2,1-3H3. The summed E-state index contributed by atoms with van der Waals surface area (Å²) < 4.78 is 4.60. The maximum absolute atomic E-state index is 11.9. The molecule has 1 amide bonds. The van der Waals surface area contributed by atoms with E-state index in [0.29, 0.717) is 19.5 Å². The smallest absolute Gasteiger partial charge is 0.310 e. The molecule has 0 bridgehead atoms. The molecule has 0 aromatic rings. The molecule has 0 aliphatic carbocycles. The molecule has 2 N–H and O–H groups in total. The van der Waals surface area contributed by atoms with Crippen molar-refractivity contribution in [2.24, 2.45) is 5.92 Å². The molecule has 98 valence electrons. The molecule has 0 aromatic heterocycles. The van der Waals surface area contributed by atoms with E-state index in [4.69, 9.17) is 0 Å². The number of nitrogens with one attached hydrogen (secondary N) is 1. The van der Waals surface area contributed by atoms with Crippen LogP contribution in [0.3, 0.4) is 0 Å². The van der Waals surface area contributed by atoms with Crippen molar-refractivity contribution in [3.8, 4) is 0 Å². The number of rotatable bonds is 4. The second-order valence-corrected chi connectivity index (χ2v) is 4.49. The van der Waals surface area contributed by atoms with Crippen LogP contribution in [0.1, 0.15) is 13.3 Å². The summed E-state index contributed by atoms with van der Waals surface area (Å²) in [5, 5.41) is 12.3. The van der Waals surface area contributed by atoms with Crippen LogP contribution < -0.4 is 5.32 Å². The number of aliphatic hydroxyl groups excluding tert-OH is 1. The highest BCUT2D eigenvalue weighted by Crippen LogP contribution is 2.10. The highest BCUT2D eigenvalue weighted by molar-refractivity contribution is 5.82. The number of nitrogens with zero attached hydrogens (tertiary/aromatic N) is 1. The first-order valence-electron chi connectivity index (χ1n) is 5.70. The minimum atomic E-state index is -0.463. The van der Waals surface area contributed by atoms with Crippen LogP contribution in [0.15, 0.2) is 0 Å². The lowest BCUT2D eigenvalue weighted by atomic mass is 10.1. The molecule has 1 rings (SSSR count). The third kappa shape index (κ3) is 3.67. The Kier molecular flexibility index (Phi) is 4.89. The van der Waals surface area contributed by atoms with Crippen molar-refractivity contribution >= 4 is 11.9 Å². The zero-order valence-corrected chi connectivity index (χ0v) is 10.5. The van der Waals surface area contributed by atoms with Crippen LogP contribution in [0.25, 0.3) is 0 Å². The van der Waals surface area contributed by atoms with Crippen LogP contribution in [0, 0.1) is 5.92 Å². The molecule has 6 nitrogen and oxygen atoms in total. The van der Waals surface area contributed by atoms with Gasteiger partial charge in [0.05, 0.1) is 25.2 Å². The minimum absolute atomic E-state index is 0.0997. The van der Waals surface area contributed by atoms with Gasteiger partial charge in [-0.25, -0.2) is 0 Å². The maximum Gasteiger partial charge on any atom is 0.310 e. The highest BCUT2D eigenvalue weighted by atomic mass is 16.5. The normalized spacial score (nSPS) is 25.4. The van der Waals surface area contributed by atoms with E-state index < -0.39 is 6.10 Å². The van der Waals surface area contributed by atoms with E-state index in [1.165, 1.54) is 12.0 Å². The fraction of sp³-hybridized carbons (Fsp3) is 0.818. The molecular formula is C11H20N2O4. The first-order valence-corrected chi connectivity index (χ1v) is 5.70. The summed E-state index contributed by atoms with van der Waals surface area (Å²) in [6.07, 6.45) is -0.0362. The molecule has 1 aliphatic rings. The monoisotopic (exact) mass is 244 g/mol. The summed E-state index contributed by atoms with van der Waals surface area (Å²) in [6.45, 7) is 2.48. The molecule has 1 heterocycles. The Morgan fingerprint density at radius 2 is 2.24 bits per heavy atom. The molecular weight excluding hydrogens is 224 g/mol. The third-order valence-electron chi connectivity index (χ3n) is 2.93. The van der Waals surface area contributed by atoms with Crippen molar-refractivity contribution in [1.29, 1.82) is 0 Å². The van der Waals surface area contributed by atoms with Crippen LogP contribution in [0.4, 0.5) is 0 Å². The van der Waals surface area contributed by atoms with Crippen LogP contribution in [-0.4, -0.2) is 61.3 Å². The third-order valence-corrected chi connectivity index (χ3v) is 2.93. The number of likely N-dealkylation sites (N-methyl/N-ethyl adjacent to an activating group) is 1. The number of hydrogen-bond donors (Lipinski definition) is 2. The van der Waals surface area contributed by atoms with E-state index in [2.05, 4.69) is 10.1 Å². The Morgan fingerprint density at radius 3 is 2.71 bits per heavy atom. The summed E-state index contributed by atoms with van der Waals surface area (Å²) in [5.74, 6) is -0.776. The van der Waals surface area contributed by atoms with Gasteiger partial charge in [-0.2, -0.15) is 0 Å². The van der Waals surface area contributed by atoms with Gasteiger partial charge in [-0.3, -0.25) is 9.59 Å². The molecule has 3 atom stereocenters. The van der Waals surface area contributed by atoms with E-state index in [0.717, 1.165) is 0 Å². The molecule has 0 aromatic carbocycles. The first-order chi connectivity index (χ1) is 7.95. The van der Waals surface area contributed by atoms with Crippen LogP contribution >= 0.6 is 0 Å². The zero-order valence-electron chi connectivity index (χ0n) is 10.5. The molecule has 3 unspecified atom stereocenters. The van der Waals surface area contributed by atoms with Gasteiger partial charge < -0.3 is 20.1 Å². The molecule has 0 spiro atoms. The largest absolute Gasteiger partial charge is 0.469 e. The van der Waals surface area contributed by atoms with E-state index in [1.54, 1.807) is 14.0 Å². The van der Waals surface area contributed by atoms with Crippen LogP contribution in [0.2, 0.25) is 0 Å². The Hall–Kier alpha value is -1.14. The number of aliphatic hydroxyl groups is 1. The molecule has 1 aliphatic heterocycles. The van der Waals surface area contributed by atoms with Gasteiger partial charge in [-0.15, -0.1) is 0 Å². The zero-order chi connectivity index (χ0) is 13.0. The van der Waals surface area contributed by atoms with Crippen molar-refractivity contribution in [3.05, 3.63) is 0 Å². The summed E-state index contributed by atoms with van der Waals surface area (Å²) in [6, 6.07) is -0.347. The Balaban J connectivity index is 2.44. The van der Waals surface area contributed by atoms with Gasteiger partial charge in [-0.05, 0) is 6.42 Å². The van der Waals surface area contributed by atoms with Crippen molar-refractivity contribution in [1.82, 2.24) is 10.2 Å². The average molecular weight is 244 g/mol. The topological polar surface area (TPSA) is 78.9 Å². The van der Waals surface area contributed by atoms with Gasteiger partial charge in [0.2, 0.25) is 5.91 Å². The molecule has 0 saturated carbocycles. The fourth-order valence-electron chi connectivity index (χ4n) is 1.95. The number of esters is 1. The predicted octanol–water partition coefficient (Wildman–Crippen LogP) is -1.02. The van der Waals surface area contributed by atoms with E-state index in [-0.39, 0.29) is 23.8 Å². The summed E-state index contributed by atoms with van der Waals surface area (Å²) in [7, 11) is 2.98. The van der Waals surface area contributed by atoms with Gasteiger partial charge in [-0.1, -0.05) is 6.92 Å². The second kappa shape index (κ2) is 5.97. The molecule has 1 fully saturated rings. The lowest BCUT2D eigenvalue weighted by molar-refractivity contribution is -0.146. The van der Waals surface area contributed by atoms with Crippen LogP contribution in [0.5, 0.6) is 0 Å². The van der Waals surface area contributed by atoms with Gasteiger partial charge in [0, 0.05) is 20.1 Å². The van der Waals surface area contributed by atoms with E-state index in [9.17, 15) is 14.7 Å². The fourth-order valence-corrected chi connectivity index (χ4v) is 1.95. The molecule has 6 heteroatoms. The predicted molar refractivity (Wildman–Crippen MR) is 61.2 cm³/mol. The van der Waals surface area contributed by atoms with Crippen LogP contribution in [-0.2, 0) is 14.3 Å². The number of ether oxygens (including phenoxy) is 1. The summed E-state index contributed by atoms with van der Waals surface area (Å²) in [4.78, 5) is 24.7. The maximum atomic E-state index is 11.9. The SMILES string of the molecule is COC(=O)C(C)CN(C)C(=O)C1CC(O)CN1. The lowest BCUT2D eigenvalue weighted by Gasteiger charge is -2.23. The number of hydrogen-bond acceptors (Lipinski definition) is 5. The number of carbonyl (C=O) groups excluding carboxylic acids is 2. The molecule has 1 saturated heterocycles. The van der Waals surface area contributed by atoms with Crippen molar-refractivity contribution in [3.63, 3.8) is 0 Å².